The topological polar surface area (TPSA) is 71.4 Å². The van der Waals surface area contributed by atoms with Crippen molar-refractivity contribution in [2.24, 2.45) is 0 Å². The van der Waals surface area contributed by atoms with E-state index in [1.54, 1.807) is 13.2 Å². The van der Waals surface area contributed by atoms with Gasteiger partial charge in [0.15, 0.2) is 11.6 Å². The lowest BCUT2D eigenvalue weighted by atomic mass is 9.94. The molecule has 0 spiro atoms. The Bertz CT molecular complexity index is 1380. The molecule has 1 aliphatic carbocycles. The molecule has 5 rings (SSSR count). The molecule has 0 radical (unpaired) electrons. The molecule has 2 heterocycles. The van der Waals surface area contributed by atoms with Crippen molar-refractivity contribution in [3.63, 3.8) is 0 Å². The minimum Gasteiger partial charge on any atom is -0.383 e. The van der Waals surface area contributed by atoms with E-state index >= 15 is 0 Å². The van der Waals surface area contributed by atoms with Crippen LogP contribution in [0.5, 0.6) is 0 Å². The first-order valence-electron chi connectivity index (χ1n) is 12.8. The second-order valence-corrected chi connectivity index (χ2v) is 10.5. The largest absolute Gasteiger partial charge is 0.383 e. The monoisotopic (exact) mass is 597 g/mol. The van der Waals surface area contributed by atoms with E-state index in [-0.39, 0.29) is 18.0 Å². The van der Waals surface area contributed by atoms with E-state index in [1.165, 1.54) is 6.07 Å². The fourth-order valence-corrected chi connectivity index (χ4v) is 5.71. The first-order valence-corrected chi connectivity index (χ1v) is 13.6. The maximum absolute atomic E-state index is 14.1. The van der Waals surface area contributed by atoms with Gasteiger partial charge in [-0.25, -0.2) is 18.3 Å². The van der Waals surface area contributed by atoms with Gasteiger partial charge < -0.3 is 10.1 Å². The molecule has 1 aliphatic heterocycles. The molecular weight excluding hydrogens is 568 g/mol. The highest BCUT2D eigenvalue weighted by molar-refractivity contribution is 9.10. The summed E-state index contributed by atoms with van der Waals surface area (Å²) in [4.78, 5) is 15.6. The molecule has 204 valence electrons. The average Bonchev–Trinajstić information content (AvgIpc) is 3.50. The Balaban J connectivity index is 1.40. The lowest BCUT2D eigenvalue weighted by molar-refractivity contribution is 0.159. The van der Waals surface area contributed by atoms with Crippen LogP contribution in [-0.2, 0) is 4.74 Å². The Morgan fingerprint density at radius 1 is 1.13 bits per heavy atom. The van der Waals surface area contributed by atoms with Crippen molar-refractivity contribution in [2.45, 2.75) is 24.4 Å². The van der Waals surface area contributed by atoms with Crippen molar-refractivity contribution in [2.75, 3.05) is 38.7 Å². The Morgan fingerprint density at radius 2 is 1.95 bits per heavy atom. The summed E-state index contributed by atoms with van der Waals surface area (Å²) in [6, 6.07) is 12.9. The van der Waals surface area contributed by atoms with Gasteiger partial charge in [-0.05, 0) is 40.0 Å². The average molecular weight is 598 g/mol. The summed E-state index contributed by atoms with van der Waals surface area (Å²) >= 11 is 3.68. The van der Waals surface area contributed by atoms with Crippen LogP contribution in [0.3, 0.4) is 0 Å². The first-order chi connectivity index (χ1) is 18.9. The van der Waals surface area contributed by atoms with Gasteiger partial charge in [-0.1, -0.05) is 60.7 Å². The van der Waals surface area contributed by atoms with E-state index in [1.807, 2.05) is 53.2 Å². The van der Waals surface area contributed by atoms with E-state index in [0.29, 0.717) is 42.1 Å². The number of aromatic nitrogens is 2. The minimum absolute atomic E-state index is 0.0648. The summed E-state index contributed by atoms with van der Waals surface area (Å²) in [6.07, 6.45) is 8.80. The number of nitrogens with zero attached hydrogens (tertiary/aromatic N) is 3. The zero-order chi connectivity index (χ0) is 27.4. The van der Waals surface area contributed by atoms with Crippen LogP contribution < -0.4 is 10.6 Å². The van der Waals surface area contributed by atoms with Gasteiger partial charge >= 0.3 is 6.03 Å². The molecule has 2 amide bonds. The Morgan fingerprint density at radius 3 is 2.67 bits per heavy atom. The predicted octanol–water partition coefficient (Wildman–Crippen LogP) is 5.88. The van der Waals surface area contributed by atoms with Crippen LogP contribution in [0.4, 0.5) is 19.4 Å². The zero-order valence-electron chi connectivity index (χ0n) is 21.5. The van der Waals surface area contributed by atoms with Gasteiger partial charge in [0.05, 0.1) is 23.2 Å². The van der Waals surface area contributed by atoms with Gasteiger partial charge in [0, 0.05) is 38.2 Å². The van der Waals surface area contributed by atoms with E-state index in [2.05, 4.69) is 37.5 Å². The van der Waals surface area contributed by atoms with Gasteiger partial charge in [0.25, 0.3) is 0 Å². The second kappa shape index (κ2) is 12.2. The summed E-state index contributed by atoms with van der Waals surface area (Å²) < 4.78 is 35.4. The number of amides is 2. The van der Waals surface area contributed by atoms with Gasteiger partial charge in [0.1, 0.15) is 11.5 Å². The summed E-state index contributed by atoms with van der Waals surface area (Å²) in [5.74, 6) is -1.48. The number of hydrogen-bond acceptors (Lipinski definition) is 4. The van der Waals surface area contributed by atoms with Crippen LogP contribution in [0.2, 0.25) is 0 Å². The third-order valence-corrected chi connectivity index (χ3v) is 7.85. The van der Waals surface area contributed by atoms with Crippen LogP contribution >= 0.6 is 15.9 Å². The highest BCUT2D eigenvalue weighted by Gasteiger charge is 2.35. The van der Waals surface area contributed by atoms with E-state index in [9.17, 15) is 13.6 Å². The van der Waals surface area contributed by atoms with Crippen LogP contribution in [0.1, 0.15) is 23.9 Å². The predicted molar refractivity (Wildman–Crippen MR) is 151 cm³/mol. The van der Waals surface area contributed by atoms with Crippen molar-refractivity contribution in [1.82, 2.24) is 20.0 Å². The number of nitrogens with one attached hydrogen (secondary N) is 2. The molecule has 2 aromatic carbocycles. The Labute approximate surface area is 234 Å². The summed E-state index contributed by atoms with van der Waals surface area (Å²) in [5.41, 5.74) is 2.28. The molecule has 3 aromatic rings. The number of likely N-dealkylation sites (tertiary alicyclic amines) is 1. The van der Waals surface area contributed by atoms with Crippen LogP contribution in [0.25, 0.3) is 11.3 Å². The zero-order valence-corrected chi connectivity index (χ0v) is 23.1. The molecule has 39 heavy (non-hydrogen) atoms. The second-order valence-electron chi connectivity index (χ2n) is 9.68. The highest BCUT2D eigenvalue weighted by atomic mass is 79.9. The van der Waals surface area contributed by atoms with Gasteiger partial charge in [-0.15, -0.1) is 0 Å². The molecule has 2 N–H and O–H groups in total. The molecule has 10 heteroatoms. The normalized spacial score (nSPS) is 20.9. The van der Waals surface area contributed by atoms with Crippen molar-refractivity contribution < 1.29 is 18.3 Å². The number of urea groups is 1. The van der Waals surface area contributed by atoms with E-state index < -0.39 is 17.7 Å². The number of carbonyl (C=O) groups excluding carboxylic acids is 1. The first kappa shape index (κ1) is 27.2. The smallest absolute Gasteiger partial charge is 0.320 e. The SMILES string of the molecule is COCCN1C[C@@H](NC(=O)Nc2c(Br)c(-c3ccccc3)nn2C2C=CC=CC2)[C@H](c2ccc(F)c(F)c2)C1. The number of carbonyl (C=O) groups is 1. The summed E-state index contributed by atoms with van der Waals surface area (Å²) in [5, 5.41) is 10.9. The molecule has 0 saturated carbocycles. The molecule has 1 aromatic heterocycles. The lowest BCUT2D eigenvalue weighted by Gasteiger charge is -2.22. The van der Waals surface area contributed by atoms with E-state index in [4.69, 9.17) is 9.84 Å². The van der Waals surface area contributed by atoms with Crippen LogP contribution in [-0.4, -0.2) is 60.1 Å². The number of ether oxygens (including phenoxy) is 1. The lowest BCUT2D eigenvalue weighted by Crippen LogP contribution is -2.42. The van der Waals surface area contributed by atoms with Crippen molar-refractivity contribution in [1.29, 1.82) is 0 Å². The maximum Gasteiger partial charge on any atom is 0.320 e. The molecule has 1 fully saturated rings. The van der Waals surface area contributed by atoms with Crippen molar-refractivity contribution in [3.05, 3.63) is 94.5 Å². The Hall–Kier alpha value is -3.34. The number of rotatable bonds is 8. The van der Waals surface area contributed by atoms with Gasteiger partial charge in [-0.2, -0.15) is 5.10 Å². The number of methoxy groups -OCH3 is 1. The quantitative estimate of drug-likeness (QED) is 0.340. The molecular formula is C29H30BrF2N5O2. The third-order valence-electron chi connectivity index (χ3n) is 7.10. The van der Waals surface area contributed by atoms with E-state index in [0.717, 1.165) is 23.7 Å². The number of anilines is 1. The van der Waals surface area contributed by atoms with Crippen molar-refractivity contribution >= 4 is 27.8 Å². The summed E-state index contributed by atoms with van der Waals surface area (Å²) in [7, 11) is 1.63. The van der Waals surface area contributed by atoms with Gasteiger partial charge in [-0.3, -0.25) is 10.2 Å². The summed E-state index contributed by atoms with van der Waals surface area (Å²) in [6.45, 7) is 2.32. The minimum atomic E-state index is -0.901. The maximum atomic E-state index is 14.1. The molecule has 3 atom stereocenters. The van der Waals surface area contributed by atoms with Crippen LogP contribution in [0.15, 0.2) is 77.3 Å². The number of halogens is 3. The number of hydrogen-bond donors (Lipinski definition) is 2. The number of allylic oxidation sites excluding steroid dienone is 4. The highest BCUT2D eigenvalue weighted by Crippen LogP contribution is 2.37. The molecule has 7 nitrogen and oxygen atoms in total. The fourth-order valence-electron chi connectivity index (χ4n) is 5.12. The van der Waals surface area contributed by atoms with Crippen LogP contribution in [0, 0.1) is 11.6 Å². The standard InChI is InChI=1S/C29H30BrF2N5O2/c1-39-15-14-36-17-22(20-12-13-23(31)24(32)16-20)25(18-36)33-29(38)34-28-26(30)27(19-8-4-2-5-9-19)35-37(28)21-10-6-3-7-11-21/h2-10,12-13,16,21-22,25H,11,14-15,17-18H2,1H3,(H2,33,34,38)/t21?,22-,25+/m0/s1. The molecule has 1 unspecified atom stereocenters. The number of benzene rings is 2. The molecule has 2 aliphatic rings. The van der Waals surface area contributed by atoms with Crippen molar-refractivity contribution in [3.8, 4) is 11.3 Å². The van der Waals surface area contributed by atoms with Gasteiger partial charge in [0.2, 0.25) is 0 Å². The Kier molecular flexibility index (Phi) is 8.54. The molecule has 1 saturated heterocycles. The molecule has 0 bridgehead atoms. The third kappa shape index (κ3) is 6.13. The fraction of sp³-hybridized carbons (Fsp3) is 0.310.